The van der Waals surface area contributed by atoms with Crippen molar-refractivity contribution in [2.45, 2.75) is 19.6 Å². The highest BCUT2D eigenvalue weighted by atomic mass is 32.1. The summed E-state index contributed by atoms with van der Waals surface area (Å²) in [7, 11) is 0. The number of aromatic amines is 1. The molecule has 0 atom stereocenters. The molecule has 3 aromatic carbocycles. The highest BCUT2D eigenvalue weighted by Gasteiger charge is 2.27. The molecule has 3 aromatic heterocycles. The van der Waals surface area contributed by atoms with Crippen molar-refractivity contribution in [3.05, 3.63) is 99.6 Å². The first-order valence-corrected chi connectivity index (χ1v) is 15.7. The minimum absolute atomic E-state index is 0.0285. The first-order chi connectivity index (χ1) is 22.4. The van der Waals surface area contributed by atoms with Crippen LogP contribution in [-0.4, -0.2) is 43.7 Å². The third-order valence-electron chi connectivity index (χ3n) is 7.59. The van der Waals surface area contributed by atoms with Crippen LogP contribution in [0.3, 0.4) is 0 Å². The van der Waals surface area contributed by atoms with E-state index in [-0.39, 0.29) is 29.6 Å². The maximum atomic E-state index is 13.4. The number of para-hydroxylation sites is 1. The van der Waals surface area contributed by atoms with Crippen LogP contribution < -0.4 is 20.7 Å². The van der Waals surface area contributed by atoms with Crippen molar-refractivity contribution < 1.29 is 19.4 Å². The van der Waals surface area contributed by atoms with Crippen molar-refractivity contribution in [2.24, 2.45) is 0 Å². The number of carbonyl (C=O) groups is 2. The number of nitriles is 1. The van der Waals surface area contributed by atoms with Crippen LogP contribution in [0.25, 0.3) is 21.5 Å². The SMILES string of the molecule is N#Cc1c(N)n[nH]c1-c1cccc(OCc2sc(N3CCc4cccc(C(=O)Nc5nc6ccccc6s5)c4C3)nc2C(=O)O)c1. The van der Waals surface area contributed by atoms with Crippen molar-refractivity contribution in [2.75, 3.05) is 22.5 Å². The van der Waals surface area contributed by atoms with E-state index in [1.165, 1.54) is 22.7 Å². The Kier molecular flexibility index (Phi) is 7.53. The number of fused-ring (bicyclic) bond motifs is 2. The molecule has 5 N–H and O–H groups in total. The molecule has 0 saturated heterocycles. The Morgan fingerprint density at radius 3 is 2.78 bits per heavy atom. The van der Waals surface area contributed by atoms with E-state index in [2.05, 4.69) is 25.5 Å². The maximum Gasteiger partial charge on any atom is 0.355 e. The number of carboxylic acid groups (broad SMARTS) is 1. The molecule has 7 rings (SSSR count). The first-order valence-electron chi connectivity index (χ1n) is 14.1. The third-order valence-corrected chi connectivity index (χ3v) is 9.63. The monoisotopic (exact) mass is 648 g/mol. The van der Waals surface area contributed by atoms with Gasteiger partial charge in [-0.25, -0.2) is 14.8 Å². The number of hydrogen-bond acceptors (Lipinski definition) is 11. The Morgan fingerprint density at radius 1 is 1.11 bits per heavy atom. The number of hydrogen-bond donors (Lipinski definition) is 4. The minimum Gasteiger partial charge on any atom is -0.488 e. The van der Waals surface area contributed by atoms with Crippen LogP contribution in [0, 0.1) is 11.3 Å². The van der Waals surface area contributed by atoms with E-state index in [0.717, 1.165) is 21.3 Å². The number of H-pyrrole nitrogens is 1. The van der Waals surface area contributed by atoms with Crippen molar-refractivity contribution >= 4 is 60.8 Å². The lowest BCUT2D eigenvalue weighted by molar-refractivity contribution is 0.0688. The summed E-state index contributed by atoms with van der Waals surface area (Å²) in [5.74, 6) is -0.834. The number of rotatable bonds is 8. The second-order valence-corrected chi connectivity index (χ2v) is 12.5. The van der Waals surface area contributed by atoms with Gasteiger partial charge in [0, 0.05) is 24.2 Å². The Balaban J connectivity index is 1.10. The molecular formula is C32H24N8O4S2. The Hall–Kier alpha value is -5.78. The van der Waals surface area contributed by atoms with Crippen LogP contribution in [0.4, 0.5) is 16.1 Å². The average Bonchev–Trinajstić information content (AvgIpc) is 3.79. The summed E-state index contributed by atoms with van der Waals surface area (Å²) >= 11 is 2.66. The molecule has 12 nitrogen and oxygen atoms in total. The van der Waals surface area contributed by atoms with Crippen LogP contribution in [0.5, 0.6) is 5.75 Å². The minimum atomic E-state index is -1.16. The summed E-state index contributed by atoms with van der Waals surface area (Å²) in [6.45, 7) is 0.973. The van der Waals surface area contributed by atoms with Gasteiger partial charge < -0.3 is 20.5 Å². The quantitative estimate of drug-likeness (QED) is 0.160. The van der Waals surface area contributed by atoms with Gasteiger partial charge in [0.05, 0.1) is 20.8 Å². The Morgan fingerprint density at radius 2 is 1.96 bits per heavy atom. The molecule has 1 amide bonds. The van der Waals surface area contributed by atoms with Gasteiger partial charge in [-0.2, -0.15) is 10.4 Å². The Bertz CT molecular complexity index is 2150. The second kappa shape index (κ2) is 12.0. The number of nitrogens with two attached hydrogens (primary N) is 1. The molecule has 0 bridgehead atoms. The summed E-state index contributed by atoms with van der Waals surface area (Å²) in [6, 6.07) is 22.4. The fraction of sp³-hybridized carbons (Fsp3) is 0.125. The molecule has 228 valence electrons. The zero-order valence-corrected chi connectivity index (χ0v) is 25.6. The molecule has 46 heavy (non-hydrogen) atoms. The smallest absolute Gasteiger partial charge is 0.355 e. The number of anilines is 3. The van der Waals surface area contributed by atoms with Gasteiger partial charge in [-0.3, -0.25) is 15.2 Å². The Labute approximate surface area is 269 Å². The van der Waals surface area contributed by atoms with Crippen molar-refractivity contribution in [1.29, 1.82) is 5.26 Å². The largest absolute Gasteiger partial charge is 0.488 e. The molecule has 0 spiro atoms. The van der Waals surface area contributed by atoms with E-state index >= 15 is 0 Å². The molecule has 0 unspecified atom stereocenters. The fourth-order valence-corrected chi connectivity index (χ4v) is 7.21. The van der Waals surface area contributed by atoms with Crippen LogP contribution in [0.15, 0.2) is 66.7 Å². The summed E-state index contributed by atoms with van der Waals surface area (Å²) < 4.78 is 6.98. The van der Waals surface area contributed by atoms with E-state index < -0.39 is 5.97 Å². The zero-order valence-electron chi connectivity index (χ0n) is 24.0. The standard InChI is InChI=1S/C32H24N8O4S2/c33-14-21-26(38-39-28(21)34)18-6-3-7-19(13-18)44-16-25-27(30(42)43)36-32(46-25)40-12-11-17-5-4-8-20(22(17)15-40)29(41)37-31-35-23-9-1-2-10-24(23)45-31/h1-10,13H,11-12,15-16H2,(H,42,43)(H3,34,38,39)(H,35,37,41). The van der Waals surface area contributed by atoms with Crippen LogP contribution in [0.2, 0.25) is 0 Å². The average molecular weight is 649 g/mol. The molecule has 6 aromatic rings. The molecule has 14 heteroatoms. The lowest BCUT2D eigenvalue weighted by atomic mass is 9.94. The molecule has 0 aliphatic carbocycles. The number of amides is 1. The second-order valence-electron chi connectivity index (χ2n) is 10.4. The van der Waals surface area contributed by atoms with E-state index in [9.17, 15) is 20.0 Å². The number of ether oxygens (including phenoxy) is 1. The van der Waals surface area contributed by atoms with E-state index in [0.29, 0.717) is 57.2 Å². The predicted molar refractivity (Wildman–Crippen MR) is 175 cm³/mol. The van der Waals surface area contributed by atoms with E-state index in [1.54, 1.807) is 30.3 Å². The fourth-order valence-electron chi connectivity index (χ4n) is 5.35. The normalized spacial score (nSPS) is 12.5. The zero-order chi connectivity index (χ0) is 31.8. The number of benzene rings is 3. The molecule has 0 radical (unpaired) electrons. The van der Waals surface area contributed by atoms with Gasteiger partial charge in [-0.05, 0) is 47.9 Å². The van der Waals surface area contributed by atoms with Gasteiger partial charge in [-0.1, -0.05) is 59.1 Å². The van der Waals surface area contributed by atoms with Gasteiger partial charge in [0.25, 0.3) is 5.91 Å². The van der Waals surface area contributed by atoms with E-state index in [4.69, 9.17) is 10.5 Å². The number of nitrogens with one attached hydrogen (secondary N) is 2. The highest BCUT2D eigenvalue weighted by molar-refractivity contribution is 7.22. The number of nitrogens with zero attached hydrogens (tertiary/aromatic N) is 5. The molecule has 1 aliphatic rings. The number of aromatic carboxylic acids is 1. The van der Waals surface area contributed by atoms with Gasteiger partial charge >= 0.3 is 5.97 Å². The number of nitrogen functional groups attached to an aromatic ring is 1. The number of thiazole rings is 2. The molecular weight excluding hydrogens is 625 g/mol. The highest BCUT2D eigenvalue weighted by Crippen LogP contribution is 2.34. The predicted octanol–water partition coefficient (Wildman–Crippen LogP) is 5.69. The maximum absolute atomic E-state index is 13.4. The van der Waals surface area contributed by atoms with Gasteiger partial charge in [0.1, 0.15) is 24.0 Å². The van der Waals surface area contributed by atoms with Crippen molar-refractivity contribution in [3.8, 4) is 23.1 Å². The number of carboxylic acids is 1. The van der Waals surface area contributed by atoms with Crippen LogP contribution >= 0.6 is 22.7 Å². The summed E-state index contributed by atoms with van der Waals surface area (Å²) in [5, 5.41) is 30.1. The summed E-state index contributed by atoms with van der Waals surface area (Å²) in [5.41, 5.74) is 10.3. The lowest BCUT2D eigenvalue weighted by Gasteiger charge is -2.29. The molecule has 4 heterocycles. The van der Waals surface area contributed by atoms with Gasteiger partial charge in [0.15, 0.2) is 21.8 Å². The van der Waals surface area contributed by atoms with Crippen LogP contribution in [-0.2, 0) is 19.6 Å². The van der Waals surface area contributed by atoms with Gasteiger partial charge in [0.2, 0.25) is 0 Å². The number of aromatic nitrogens is 4. The van der Waals surface area contributed by atoms with Gasteiger partial charge in [-0.15, -0.1) is 0 Å². The van der Waals surface area contributed by atoms with Crippen molar-refractivity contribution in [1.82, 2.24) is 20.2 Å². The topological polar surface area (TPSA) is 183 Å². The third kappa shape index (κ3) is 5.49. The molecule has 0 fully saturated rings. The summed E-state index contributed by atoms with van der Waals surface area (Å²) in [6.07, 6.45) is 0.668. The molecule has 1 aliphatic heterocycles. The van der Waals surface area contributed by atoms with E-state index in [1.807, 2.05) is 47.4 Å². The van der Waals surface area contributed by atoms with Crippen LogP contribution in [0.1, 0.15) is 42.4 Å². The molecule has 0 saturated carbocycles. The lowest BCUT2D eigenvalue weighted by Crippen LogP contribution is -2.32. The first kappa shape index (κ1) is 29.0. The number of carbonyl (C=O) groups excluding carboxylic acids is 1. The summed E-state index contributed by atoms with van der Waals surface area (Å²) in [4.78, 5) is 37.0. The van der Waals surface area contributed by atoms with Crippen molar-refractivity contribution in [3.63, 3.8) is 0 Å².